The zero-order valence-corrected chi connectivity index (χ0v) is 21.5. The Balaban J connectivity index is 0.00000324. The van der Waals surface area contributed by atoms with Crippen LogP contribution in [0.25, 0.3) is 10.4 Å². The Labute approximate surface area is 208 Å². The molecule has 0 saturated carbocycles. The molecule has 0 radical (unpaired) electrons. The summed E-state index contributed by atoms with van der Waals surface area (Å²) in [6, 6.07) is 8.69. The smallest absolute Gasteiger partial charge is 0.417 e. The number of alkyl halides is 3. The number of methoxy groups -OCH3 is 1. The first-order valence-corrected chi connectivity index (χ1v) is 12.9. The largest absolute Gasteiger partial charge is 0.809 e. The Morgan fingerprint density at radius 3 is 2.33 bits per heavy atom. The van der Waals surface area contributed by atoms with Crippen molar-refractivity contribution in [3.63, 3.8) is 0 Å². The minimum Gasteiger partial charge on any atom is -0.809 e. The summed E-state index contributed by atoms with van der Waals surface area (Å²) in [5, 5.41) is 8.88. The number of sulfonamides is 1. The van der Waals surface area contributed by atoms with Crippen LogP contribution in [0.2, 0.25) is 0 Å². The quantitative estimate of drug-likeness (QED) is 0.358. The van der Waals surface area contributed by atoms with Crippen molar-refractivity contribution in [3.8, 4) is 22.4 Å². The highest BCUT2D eigenvalue weighted by Gasteiger charge is 2.35. The molecule has 0 amide bonds. The maximum Gasteiger partial charge on any atom is 0.417 e. The predicted molar refractivity (Wildman–Crippen MR) is 123 cm³/mol. The summed E-state index contributed by atoms with van der Waals surface area (Å²) in [7, 11) is -9.07. The van der Waals surface area contributed by atoms with Gasteiger partial charge in [-0.05, 0) is 43.5 Å². The molecule has 2 heterocycles. The number of halogens is 3. The van der Waals surface area contributed by atoms with Crippen LogP contribution >= 0.6 is 18.9 Å². The number of hydrogen-bond acceptors (Lipinski definition) is 9. The van der Waals surface area contributed by atoms with Crippen molar-refractivity contribution in [2.45, 2.75) is 16.2 Å². The van der Waals surface area contributed by atoms with E-state index in [9.17, 15) is 35.9 Å². The van der Waals surface area contributed by atoms with E-state index >= 15 is 0 Å². The second-order valence-electron chi connectivity index (χ2n) is 6.69. The van der Waals surface area contributed by atoms with E-state index in [1.807, 2.05) is 0 Å². The number of benzene rings is 1. The second kappa shape index (κ2) is 11.5. The maximum atomic E-state index is 13.3. The Hall–Kier alpha value is -2.87. The lowest BCUT2D eigenvalue weighted by molar-refractivity contribution is -0.317. The average Bonchev–Trinajstić information content (AvgIpc) is 3.27. The third kappa shape index (κ3) is 6.87. The van der Waals surface area contributed by atoms with Gasteiger partial charge in [-0.2, -0.15) is 23.2 Å². The normalized spacial score (nSPS) is 12.6. The van der Waals surface area contributed by atoms with Crippen LogP contribution in [-0.4, -0.2) is 20.5 Å². The summed E-state index contributed by atoms with van der Waals surface area (Å²) in [5.74, 6) is -2.22. The van der Waals surface area contributed by atoms with Gasteiger partial charge < -0.3 is 31.4 Å². The number of aromatic nitrogens is 1. The van der Waals surface area contributed by atoms with Gasteiger partial charge in [0.15, 0.2) is 0 Å². The summed E-state index contributed by atoms with van der Waals surface area (Å²) in [5.41, 5.74) is -2.58. The number of nitriles is 1. The van der Waals surface area contributed by atoms with Crippen molar-refractivity contribution in [2.75, 3.05) is 7.11 Å². The Morgan fingerprint density at radius 2 is 1.83 bits per heavy atom. The second-order valence-corrected chi connectivity index (χ2v) is 11.3. The summed E-state index contributed by atoms with van der Waals surface area (Å²) in [4.78, 5) is 28.1. The summed E-state index contributed by atoms with van der Waals surface area (Å²) < 4.78 is 83.4. The van der Waals surface area contributed by atoms with Gasteiger partial charge in [-0.1, -0.05) is 6.07 Å². The van der Waals surface area contributed by atoms with Gasteiger partial charge >= 0.3 is 6.18 Å². The number of rotatable bonds is 7. The summed E-state index contributed by atoms with van der Waals surface area (Å²) in [6.07, 6.45) is -3.63. The Kier molecular flexibility index (Phi) is 9.92. The van der Waals surface area contributed by atoms with Crippen molar-refractivity contribution in [2.24, 2.45) is 0 Å². The predicted octanol–water partition coefficient (Wildman–Crippen LogP) is 3.35. The molecule has 0 aliphatic carbocycles. The molecule has 196 valence electrons. The van der Waals surface area contributed by atoms with E-state index in [4.69, 9.17) is 10.00 Å². The molecule has 2 aromatic heterocycles. The van der Waals surface area contributed by atoms with E-state index in [1.165, 1.54) is 31.5 Å². The van der Waals surface area contributed by atoms with Gasteiger partial charge in [0.05, 0.1) is 30.1 Å². The van der Waals surface area contributed by atoms with Crippen LogP contribution in [0.1, 0.15) is 22.5 Å². The van der Waals surface area contributed by atoms with Crippen molar-refractivity contribution in [3.05, 3.63) is 65.4 Å². The zero-order valence-electron chi connectivity index (χ0n) is 18.9. The molecule has 0 bridgehead atoms. The monoisotopic (exact) mass is 567 g/mol. The maximum absolute atomic E-state index is 13.3. The number of nitrogens with one attached hydrogen (secondary N) is 1. The Bertz CT molecular complexity index is 1400. The number of quaternary nitrogens is 2. The van der Waals surface area contributed by atoms with Crippen molar-refractivity contribution < 1.29 is 40.7 Å². The topological polar surface area (TPSA) is 228 Å². The fraction of sp³-hybridized carbons (Fsp3) is 0.158. The first kappa shape index (κ1) is 31.2. The van der Waals surface area contributed by atoms with Gasteiger partial charge in [-0.3, -0.25) is 0 Å². The zero-order chi connectivity index (χ0) is 25.3. The van der Waals surface area contributed by atoms with Crippen LogP contribution in [-0.2, 0) is 20.8 Å². The van der Waals surface area contributed by atoms with Crippen molar-refractivity contribution >= 4 is 29.0 Å². The van der Waals surface area contributed by atoms with E-state index < -0.39 is 46.3 Å². The summed E-state index contributed by atoms with van der Waals surface area (Å²) in [6.45, 7) is 0. The molecule has 3 rings (SSSR count). The number of nitrogens with zero attached hydrogens (tertiary/aromatic N) is 2. The molecule has 0 fully saturated rings. The van der Waals surface area contributed by atoms with E-state index in [-0.39, 0.29) is 22.6 Å². The van der Waals surface area contributed by atoms with Crippen molar-refractivity contribution in [1.29, 1.82) is 5.26 Å². The molecular weight excluding hydrogens is 546 g/mol. The highest BCUT2D eigenvalue weighted by molar-refractivity contribution is 7.92. The van der Waals surface area contributed by atoms with Gasteiger partial charge in [-0.15, -0.1) is 11.3 Å². The van der Waals surface area contributed by atoms with Gasteiger partial charge in [0.25, 0.3) is 10.0 Å². The highest BCUT2D eigenvalue weighted by atomic mass is 32.2. The molecule has 1 unspecified atom stereocenters. The van der Waals surface area contributed by atoms with E-state index in [1.54, 1.807) is 10.8 Å². The Morgan fingerprint density at radius 1 is 1.17 bits per heavy atom. The third-order valence-corrected chi connectivity index (χ3v) is 8.73. The molecule has 1 atom stereocenters. The van der Waals surface area contributed by atoms with E-state index in [2.05, 4.69) is 4.98 Å². The molecule has 1 aromatic carbocycles. The average molecular weight is 568 g/mol. The molecule has 9 N–H and O–H groups in total. The fourth-order valence-electron chi connectivity index (χ4n) is 2.85. The molecule has 0 aliphatic heterocycles. The molecule has 36 heavy (non-hydrogen) atoms. The van der Waals surface area contributed by atoms with Crippen molar-refractivity contribution in [1.82, 2.24) is 22.0 Å². The summed E-state index contributed by atoms with van der Waals surface area (Å²) >= 11 is 0.720. The SMILES string of the molecule is COc1ccc(-c2ccc(S(=O)(=O)NC(c3ccc(C#N)c(C(F)(F)F)c3)P(=O)([O-])[O-])s2)cn1.[NH4+].[NH4+]. The molecule has 11 nitrogen and oxygen atoms in total. The molecule has 0 aliphatic rings. The molecule has 0 saturated heterocycles. The fourth-order valence-corrected chi connectivity index (χ4v) is 6.68. The van der Waals surface area contributed by atoms with Crippen LogP contribution in [0, 0.1) is 11.3 Å². The van der Waals surface area contributed by atoms with Gasteiger partial charge in [0, 0.05) is 22.7 Å². The highest BCUT2D eigenvalue weighted by Crippen LogP contribution is 2.45. The van der Waals surface area contributed by atoms with Gasteiger partial charge in [-0.25, -0.2) is 13.4 Å². The first-order valence-electron chi connectivity index (χ1n) is 9.02. The number of ether oxygens (including phenoxy) is 1. The van der Waals surface area contributed by atoms with Crippen LogP contribution < -0.4 is 31.5 Å². The first-order chi connectivity index (χ1) is 15.8. The lowest BCUT2D eigenvalue weighted by Gasteiger charge is -2.38. The number of thiophene rings is 1. The van der Waals surface area contributed by atoms with Crippen LogP contribution in [0.5, 0.6) is 5.88 Å². The number of hydrogen-bond donors (Lipinski definition) is 3. The third-order valence-electron chi connectivity index (χ3n) is 4.44. The standard InChI is InChI=1S/C19H15F3N3O6PS2.2H3N/c1-31-16-6-4-13(10-24-16)15-5-7-17(33-15)34(29,30)25-18(32(26,27)28)11-2-3-12(9-23)14(8-11)19(20,21)22;;/h2-8,10,18,25H,1H3,(H2,26,27,28);2*1H3. The van der Waals surface area contributed by atoms with Crippen LogP contribution in [0.4, 0.5) is 13.2 Å². The molecular formula is C19H21F3N5O6PS2. The van der Waals surface area contributed by atoms with Gasteiger partial charge in [0.2, 0.25) is 5.88 Å². The lowest BCUT2D eigenvalue weighted by atomic mass is 10.0. The van der Waals surface area contributed by atoms with E-state index in [0.29, 0.717) is 22.4 Å². The lowest BCUT2D eigenvalue weighted by Crippen LogP contribution is -2.35. The minimum atomic E-state index is -5.83. The number of pyridine rings is 1. The molecule has 3 aromatic rings. The van der Waals surface area contributed by atoms with Gasteiger partial charge in [0.1, 0.15) is 4.21 Å². The molecule has 17 heteroatoms. The van der Waals surface area contributed by atoms with Crippen LogP contribution in [0.3, 0.4) is 0 Å². The minimum absolute atomic E-state index is 0. The van der Waals surface area contributed by atoms with E-state index in [0.717, 1.165) is 23.5 Å². The molecule has 0 spiro atoms. The van der Waals surface area contributed by atoms with Crippen LogP contribution in [0.15, 0.2) is 52.9 Å².